The second-order valence-electron chi connectivity index (χ2n) is 4.72. The molecule has 1 N–H and O–H groups in total. The number of carbonyl (C=O) groups excluding carboxylic acids is 2. The maximum absolute atomic E-state index is 12.0. The Morgan fingerprint density at radius 1 is 1.29 bits per heavy atom. The van der Waals surface area contributed by atoms with Crippen LogP contribution in [0.15, 0.2) is 30.3 Å². The molecule has 1 atom stereocenters. The first-order valence-electron chi connectivity index (χ1n) is 7.27. The summed E-state index contributed by atoms with van der Waals surface area (Å²) in [5.74, 6) is 4.01. The van der Waals surface area contributed by atoms with Crippen LogP contribution < -0.4 is 5.32 Å². The average molecular weight is 341 g/mol. The molecule has 0 aromatic heterocycles. The van der Waals surface area contributed by atoms with Crippen molar-refractivity contribution in [2.24, 2.45) is 0 Å². The standard InChI is InChI=1S/C17H17BNO4P/c18-8-4-9-19-11-15(20)13-22-16(7-10-24)17(21)23-12-14-5-2-1-3-6-14/h1-3,5-6,16,19H,7,9,11-13H2. The van der Waals surface area contributed by atoms with E-state index in [1.54, 1.807) is 0 Å². The molecule has 122 valence electrons. The third kappa shape index (κ3) is 8.67. The van der Waals surface area contributed by atoms with Crippen molar-refractivity contribution in [3.05, 3.63) is 35.9 Å². The molecular weight excluding hydrogens is 324 g/mol. The van der Waals surface area contributed by atoms with Gasteiger partial charge >= 0.3 is 145 Å². The SMILES string of the molecule is [B]C#CCNCC(=O)COC(CC#P)C(=O)OCc1ccccc1. The van der Waals surface area contributed by atoms with Crippen molar-refractivity contribution in [1.82, 2.24) is 5.32 Å². The summed E-state index contributed by atoms with van der Waals surface area (Å²) in [6.45, 7) is 0.306. The molecular formula is C17H17BNO4P. The molecule has 0 amide bonds. The molecule has 0 bridgehead atoms. The summed E-state index contributed by atoms with van der Waals surface area (Å²) < 4.78 is 10.5. The van der Waals surface area contributed by atoms with Crippen LogP contribution in [0.4, 0.5) is 0 Å². The van der Waals surface area contributed by atoms with E-state index in [2.05, 4.69) is 31.4 Å². The van der Waals surface area contributed by atoms with Crippen LogP contribution >= 0.6 is 8.70 Å². The molecule has 0 aliphatic carbocycles. The fraction of sp³-hybridized carbons (Fsp3) is 0.353. The van der Waals surface area contributed by atoms with E-state index in [0.29, 0.717) is 6.54 Å². The van der Waals surface area contributed by atoms with Gasteiger partial charge in [-0.2, -0.15) is 0 Å². The van der Waals surface area contributed by atoms with Crippen molar-refractivity contribution in [3.8, 4) is 17.4 Å². The molecule has 1 rings (SSSR count). The van der Waals surface area contributed by atoms with Gasteiger partial charge in [0.15, 0.2) is 0 Å². The van der Waals surface area contributed by atoms with Gasteiger partial charge in [-0.1, -0.05) is 0 Å². The van der Waals surface area contributed by atoms with Gasteiger partial charge in [0.1, 0.15) is 0 Å². The number of ether oxygens (including phenoxy) is 2. The summed E-state index contributed by atoms with van der Waals surface area (Å²) in [6.07, 6.45) is -0.796. The van der Waals surface area contributed by atoms with Gasteiger partial charge in [0.25, 0.3) is 0 Å². The third-order valence-corrected chi connectivity index (χ3v) is 3.03. The van der Waals surface area contributed by atoms with Crippen molar-refractivity contribution in [2.45, 2.75) is 19.1 Å². The van der Waals surface area contributed by atoms with Gasteiger partial charge in [-0.05, 0) is 0 Å². The van der Waals surface area contributed by atoms with Crippen molar-refractivity contribution < 1.29 is 19.1 Å². The van der Waals surface area contributed by atoms with Crippen molar-refractivity contribution in [2.75, 3.05) is 19.7 Å². The van der Waals surface area contributed by atoms with Crippen LogP contribution in [-0.4, -0.2) is 45.4 Å². The molecule has 2 radical (unpaired) electrons. The van der Waals surface area contributed by atoms with E-state index in [0.717, 1.165) is 5.56 Å². The summed E-state index contributed by atoms with van der Waals surface area (Å²) in [5.41, 5.74) is 3.41. The van der Waals surface area contributed by atoms with Gasteiger partial charge in [-0.3, -0.25) is 0 Å². The van der Waals surface area contributed by atoms with Crippen LogP contribution in [0, 0.1) is 17.4 Å². The van der Waals surface area contributed by atoms with Crippen molar-refractivity contribution in [3.63, 3.8) is 0 Å². The average Bonchev–Trinajstić information content (AvgIpc) is 2.61. The molecule has 1 aromatic carbocycles. The fourth-order valence-corrected chi connectivity index (χ4v) is 1.84. The number of benzene rings is 1. The molecule has 0 heterocycles. The molecule has 1 unspecified atom stereocenters. The van der Waals surface area contributed by atoms with Gasteiger partial charge < -0.3 is 0 Å². The molecule has 7 heteroatoms. The predicted octanol–water partition coefficient (Wildman–Crippen LogP) is 1.16. The van der Waals surface area contributed by atoms with Gasteiger partial charge in [0, 0.05) is 0 Å². The topological polar surface area (TPSA) is 64.6 Å². The first-order valence-corrected chi connectivity index (χ1v) is 7.72. The van der Waals surface area contributed by atoms with Crippen LogP contribution in [-0.2, 0) is 25.7 Å². The normalized spacial score (nSPS) is 10.8. The number of ketones is 1. The Morgan fingerprint density at radius 2 is 2.04 bits per heavy atom. The minimum atomic E-state index is -0.918. The zero-order valence-electron chi connectivity index (χ0n) is 13.2. The number of Topliss-reactive ketones (excluding diaryl/α,β-unsaturated/α-hetero) is 1. The molecule has 1 aromatic rings. The Balaban J connectivity index is 2.38. The van der Waals surface area contributed by atoms with Crippen LogP contribution in [0.25, 0.3) is 0 Å². The van der Waals surface area contributed by atoms with Crippen LogP contribution in [0.3, 0.4) is 0 Å². The van der Waals surface area contributed by atoms with Gasteiger partial charge in [-0.15, -0.1) is 0 Å². The van der Waals surface area contributed by atoms with E-state index in [1.165, 1.54) is 0 Å². The molecule has 5 nitrogen and oxygen atoms in total. The Morgan fingerprint density at radius 3 is 2.71 bits per heavy atom. The van der Waals surface area contributed by atoms with Crippen LogP contribution in [0.5, 0.6) is 0 Å². The second-order valence-corrected chi connectivity index (χ2v) is 5.03. The van der Waals surface area contributed by atoms with Gasteiger partial charge in [0.05, 0.1) is 0 Å². The van der Waals surface area contributed by atoms with E-state index in [4.69, 9.17) is 17.3 Å². The van der Waals surface area contributed by atoms with E-state index in [-0.39, 0.29) is 32.0 Å². The van der Waals surface area contributed by atoms with Crippen molar-refractivity contribution >= 4 is 28.3 Å². The molecule has 24 heavy (non-hydrogen) atoms. The van der Waals surface area contributed by atoms with Crippen molar-refractivity contribution in [1.29, 1.82) is 0 Å². The number of hydrogen-bond acceptors (Lipinski definition) is 5. The number of hydrogen-bond donors (Lipinski definition) is 1. The van der Waals surface area contributed by atoms with Gasteiger partial charge in [0.2, 0.25) is 0 Å². The molecule has 0 fully saturated rings. The zero-order chi connectivity index (χ0) is 17.6. The van der Waals surface area contributed by atoms with E-state index < -0.39 is 12.1 Å². The number of carbonyl (C=O) groups is 2. The number of esters is 1. The van der Waals surface area contributed by atoms with E-state index >= 15 is 0 Å². The summed E-state index contributed by atoms with van der Waals surface area (Å²) >= 11 is 0. The van der Waals surface area contributed by atoms with E-state index in [1.807, 2.05) is 30.3 Å². The predicted molar refractivity (Wildman–Crippen MR) is 92.8 cm³/mol. The second kappa shape index (κ2) is 12.5. The molecule has 0 spiro atoms. The Bertz CT molecular complexity index is 633. The fourth-order valence-electron chi connectivity index (χ4n) is 1.67. The first kappa shape index (κ1) is 20.2. The first-order chi connectivity index (χ1) is 11.7. The van der Waals surface area contributed by atoms with E-state index in [9.17, 15) is 9.59 Å². The summed E-state index contributed by atoms with van der Waals surface area (Å²) in [6, 6.07) is 9.28. The summed E-state index contributed by atoms with van der Waals surface area (Å²) in [4.78, 5) is 23.7. The quantitative estimate of drug-likeness (QED) is 0.228. The number of nitrogens with one attached hydrogen (secondary N) is 1. The molecule has 0 saturated carbocycles. The zero-order valence-corrected chi connectivity index (χ0v) is 14.1. The Labute approximate surface area is 145 Å². The Kier molecular flexibility index (Phi) is 10.5. The minimum absolute atomic E-state index is 0.0781. The molecule has 0 aliphatic rings. The summed E-state index contributed by atoms with van der Waals surface area (Å²) in [5, 5.41) is 2.79. The Hall–Kier alpha value is -1.89. The van der Waals surface area contributed by atoms with Crippen LogP contribution in [0.2, 0.25) is 0 Å². The monoisotopic (exact) mass is 341 g/mol. The van der Waals surface area contributed by atoms with Crippen LogP contribution in [0.1, 0.15) is 12.0 Å². The number of rotatable bonds is 10. The summed E-state index contributed by atoms with van der Waals surface area (Å²) in [7, 11) is 8.86. The molecule has 0 saturated heterocycles. The molecule has 0 aliphatic heterocycles. The van der Waals surface area contributed by atoms with Gasteiger partial charge in [-0.25, -0.2) is 0 Å². The maximum atomic E-state index is 12.0. The third-order valence-electron chi connectivity index (χ3n) is 2.85.